The Hall–Kier alpha value is -1.55. The molecule has 0 aliphatic rings. The van der Waals surface area contributed by atoms with Crippen LogP contribution in [0.3, 0.4) is 0 Å². The fourth-order valence-electron chi connectivity index (χ4n) is 1.42. The molecule has 0 saturated heterocycles. The van der Waals surface area contributed by atoms with Gasteiger partial charge in [-0.2, -0.15) is 0 Å². The number of hydrogen-bond donors (Lipinski definition) is 1. The third kappa shape index (κ3) is 4.44. The van der Waals surface area contributed by atoms with Crippen molar-refractivity contribution in [2.75, 3.05) is 25.2 Å². The Labute approximate surface area is 102 Å². The number of carbonyl (C=O) groups is 1. The molecule has 0 bridgehead atoms. The number of aromatic hydroxyl groups is 1. The summed E-state index contributed by atoms with van der Waals surface area (Å²) in [6.07, 6.45) is 1.31. The predicted molar refractivity (Wildman–Crippen MR) is 67.2 cm³/mol. The van der Waals surface area contributed by atoms with E-state index in [-0.39, 0.29) is 11.7 Å². The van der Waals surface area contributed by atoms with Crippen LogP contribution in [-0.2, 0) is 9.53 Å². The fourth-order valence-corrected chi connectivity index (χ4v) is 1.42. The molecule has 0 spiro atoms. The Morgan fingerprint density at radius 1 is 1.41 bits per heavy atom. The molecule has 0 fully saturated rings. The maximum absolute atomic E-state index is 11.8. The van der Waals surface area contributed by atoms with Gasteiger partial charge in [0.25, 0.3) is 0 Å². The van der Waals surface area contributed by atoms with E-state index in [1.165, 1.54) is 4.90 Å². The van der Waals surface area contributed by atoms with Crippen LogP contribution in [0.5, 0.6) is 5.75 Å². The maximum Gasteiger partial charge on any atom is 0.229 e. The second-order valence-corrected chi connectivity index (χ2v) is 3.83. The quantitative estimate of drug-likeness (QED) is 0.771. The van der Waals surface area contributed by atoms with Gasteiger partial charge in [0, 0.05) is 25.4 Å². The molecule has 1 aromatic carbocycles. The van der Waals surface area contributed by atoms with Gasteiger partial charge in [-0.25, -0.2) is 0 Å². The number of benzene rings is 1. The van der Waals surface area contributed by atoms with E-state index in [4.69, 9.17) is 4.74 Å². The number of phenols is 1. The molecule has 0 radical (unpaired) electrons. The van der Waals surface area contributed by atoms with Crippen molar-refractivity contribution in [3.63, 3.8) is 0 Å². The molecule has 0 atom stereocenters. The largest absolute Gasteiger partial charge is 0.508 e. The molecule has 1 aromatic rings. The average molecular weight is 237 g/mol. The summed E-state index contributed by atoms with van der Waals surface area (Å²) in [7, 11) is 1.69. The number of carbonyl (C=O) groups excluding carboxylic acids is 1. The first-order chi connectivity index (χ1) is 8.15. The van der Waals surface area contributed by atoms with Crippen molar-refractivity contribution < 1.29 is 14.6 Å². The molecule has 0 aliphatic heterocycles. The monoisotopic (exact) mass is 237 g/mol. The zero-order chi connectivity index (χ0) is 12.7. The lowest BCUT2D eigenvalue weighted by Crippen LogP contribution is -2.27. The minimum Gasteiger partial charge on any atom is -0.508 e. The van der Waals surface area contributed by atoms with Crippen molar-refractivity contribution in [2.24, 2.45) is 0 Å². The van der Waals surface area contributed by atoms with Crippen LogP contribution < -0.4 is 4.90 Å². The molecule has 1 amide bonds. The molecular weight excluding hydrogens is 218 g/mol. The average Bonchev–Trinajstić information content (AvgIpc) is 2.33. The van der Waals surface area contributed by atoms with E-state index >= 15 is 0 Å². The summed E-state index contributed by atoms with van der Waals surface area (Å²) in [4.78, 5) is 13.3. The number of amides is 1. The Morgan fingerprint density at radius 3 is 2.82 bits per heavy atom. The highest BCUT2D eigenvalue weighted by atomic mass is 16.5. The Morgan fingerprint density at radius 2 is 2.18 bits per heavy atom. The highest BCUT2D eigenvalue weighted by Gasteiger charge is 2.10. The summed E-state index contributed by atoms with van der Waals surface area (Å²) in [5.41, 5.74) is 0.686. The van der Waals surface area contributed by atoms with Crippen molar-refractivity contribution in [1.29, 1.82) is 0 Å². The molecule has 1 N–H and O–H groups in total. The van der Waals surface area contributed by atoms with Gasteiger partial charge in [0.05, 0.1) is 13.0 Å². The van der Waals surface area contributed by atoms with E-state index < -0.39 is 0 Å². The van der Waals surface area contributed by atoms with Crippen LogP contribution in [0.4, 0.5) is 5.69 Å². The van der Waals surface area contributed by atoms with E-state index in [2.05, 4.69) is 0 Å². The Bertz CT molecular complexity index is 365. The topological polar surface area (TPSA) is 49.8 Å². The third-order valence-electron chi connectivity index (χ3n) is 2.40. The molecule has 94 valence electrons. The Kier molecular flexibility index (Phi) is 5.49. The summed E-state index contributed by atoms with van der Waals surface area (Å²) in [6.45, 7) is 3.15. The van der Waals surface area contributed by atoms with Gasteiger partial charge in [-0.15, -0.1) is 0 Å². The van der Waals surface area contributed by atoms with E-state index in [1.807, 2.05) is 6.92 Å². The van der Waals surface area contributed by atoms with Crippen molar-refractivity contribution in [3.8, 4) is 5.75 Å². The Balaban J connectivity index is 2.46. The lowest BCUT2D eigenvalue weighted by atomic mass is 10.2. The van der Waals surface area contributed by atoms with Gasteiger partial charge in [-0.3, -0.25) is 4.79 Å². The van der Waals surface area contributed by atoms with Crippen LogP contribution in [0, 0.1) is 0 Å². The summed E-state index contributed by atoms with van der Waals surface area (Å²) in [5, 5.41) is 9.33. The molecular formula is C13H19NO3. The molecule has 0 heterocycles. The number of nitrogens with zero attached hydrogens (tertiary/aromatic N) is 1. The molecule has 0 aromatic heterocycles. The normalized spacial score (nSPS) is 10.2. The summed E-state index contributed by atoms with van der Waals surface area (Å²) in [5.74, 6) is 0.135. The van der Waals surface area contributed by atoms with E-state index in [0.717, 1.165) is 6.42 Å². The van der Waals surface area contributed by atoms with Gasteiger partial charge in [-0.1, -0.05) is 13.0 Å². The molecule has 4 nitrogen and oxygen atoms in total. The molecule has 0 aliphatic carbocycles. The van der Waals surface area contributed by atoms with Crippen LogP contribution in [0.25, 0.3) is 0 Å². The standard InChI is InChI=1S/C13H19NO3/c1-3-8-17-9-7-13(16)14(2)11-5-4-6-12(15)10-11/h4-6,10,15H,3,7-9H2,1-2H3. The highest BCUT2D eigenvalue weighted by Crippen LogP contribution is 2.19. The fraction of sp³-hybridized carbons (Fsp3) is 0.462. The van der Waals surface area contributed by atoms with E-state index in [0.29, 0.717) is 25.3 Å². The van der Waals surface area contributed by atoms with Gasteiger partial charge >= 0.3 is 0 Å². The maximum atomic E-state index is 11.8. The zero-order valence-electron chi connectivity index (χ0n) is 10.3. The van der Waals surface area contributed by atoms with Gasteiger partial charge in [-0.05, 0) is 18.6 Å². The second kappa shape index (κ2) is 6.91. The summed E-state index contributed by atoms with van der Waals surface area (Å²) in [6, 6.07) is 6.63. The van der Waals surface area contributed by atoms with Crippen molar-refractivity contribution in [1.82, 2.24) is 0 Å². The number of hydrogen-bond acceptors (Lipinski definition) is 3. The molecule has 4 heteroatoms. The lowest BCUT2D eigenvalue weighted by Gasteiger charge is -2.17. The number of ether oxygens (including phenoxy) is 1. The van der Waals surface area contributed by atoms with Gasteiger partial charge in [0.1, 0.15) is 5.75 Å². The SMILES string of the molecule is CCCOCCC(=O)N(C)c1cccc(O)c1. The minimum absolute atomic E-state index is 0.0216. The van der Waals surface area contributed by atoms with E-state index in [9.17, 15) is 9.90 Å². The summed E-state index contributed by atoms with van der Waals surface area (Å²) < 4.78 is 5.27. The highest BCUT2D eigenvalue weighted by molar-refractivity contribution is 5.92. The minimum atomic E-state index is -0.0216. The molecule has 0 saturated carbocycles. The predicted octanol–water partition coefficient (Wildman–Crippen LogP) is 2.17. The molecule has 0 unspecified atom stereocenters. The number of anilines is 1. The van der Waals surface area contributed by atoms with Crippen molar-refractivity contribution in [3.05, 3.63) is 24.3 Å². The van der Waals surface area contributed by atoms with Crippen molar-refractivity contribution in [2.45, 2.75) is 19.8 Å². The smallest absolute Gasteiger partial charge is 0.229 e. The van der Waals surface area contributed by atoms with Gasteiger partial charge in [0.2, 0.25) is 5.91 Å². The number of rotatable bonds is 6. The van der Waals surface area contributed by atoms with Crippen LogP contribution in [0.1, 0.15) is 19.8 Å². The van der Waals surface area contributed by atoms with Crippen LogP contribution in [0.15, 0.2) is 24.3 Å². The summed E-state index contributed by atoms with van der Waals surface area (Å²) >= 11 is 0. The van der Waals surface area contributed by atoms with E-state index in [1.54, 1.807) is 31.3 Å². The van der Waals surface area contributed by atoms with Crippen LogP contribution in [-0.4, -0.2) is 31.3 Å². The lowest BCUT2D eigenvalue weighted by molar-refractivity contribution is -0.119. The van der Waals surface area contributed by atoms with Crippen LogP contribution >= 0.6 is 0 Å². The first-order valence-electron chi connectivity index (χ1n) is 5.78. The molecule has 1 rings (SSSR count). The third-order valence-corrected chi connectivity index (χ3v) is 2.40. The number of phenolic OH excluding ortho intramolecular Hbond substituents is 1. The zero-order valence-corrected chi connectivity index (χ0v) is 10.3. The van der Waals surface area contributed by atoms with Gasteiger partial charge in [0.15, 0.2) is 0 Å². The molecule has 17 heavy (non-hydrogen) atoms. The first-order valence-corrected chi connectivity index (χ1v) is 5.78. The first kappa shape index (κ1) is 13.5. The van der Waals surface area contributed by atoms with Crippen LogP contribution in [0.2, 0.25) is 0 Å². The van der Waals surface area contributed by atoms with Gasteiger partial charge < -0.3 is 14.7 Å². The second-order valence-electron chi connectivity index (χ2n) is 3.83. The van der Waals surface area contributed by atoms with Crippen molar-refractivity contribution >= 4 is 11.6 Å².